The number of hydrazone groups is 1. The van der Waals surface area contributed by atoms with Crippen LogP contribution in [0.3, 0.4) is 0 Å². The lowest BCUT2D eigenvalue weighted by atomic mass is 9.96. The largest absolute Gasteiger partial charge is 0.468 e. The second-order valence-electron chi connectivity index (χ2n) is 3.82. The maximum atomic E-state index is 11.5. The molecule has 0 radical (unpaired) electrons. The normalized spacial score (nSPS) is 18.9. The van der Waals surface area contributed by atoms with E-state index in [4.69, 9.17) is 11.6 Å². The van der Waals surface area contributed by atoms with Gasteiger partial charge in [-0.1, -0.05) is 23.7 Å². The van der Waals surface area contributed by atoms with Crippen LogP contribution < -0.4 is 5.43 Å². The Morgan fingerprint density at radius 2 is 2.11 bits per heavy atom. The molecular weight excluding hydrogens is 256 g/mol. The van der Waals surface area contributed by atoms with Crippen molar-refractivity contribution in [1.82, 2.24) is 5.43 Å². The first-order valence-electron chi connectivity index (χ1n) is 5.32. The standard InChI is InChI=1S/C12H11ClN2O3/c1-18-12(17)9-6-10(14-15-11(9)16)7-2-4-8(13)5-3-7/h2-5,9H,6H2,1H3,(H,15,16). The van der Waals surface area contributed by atoms with Gasteiger partial charge in [0.2, 0.25) is 0 Å². The van der Waals surface area contributed by atoms with Crippen molar-refractivity contribution in [1.29, 1.82) is 0 Å². The van der Waals surface area contributed by atoms with Crippen molar-refractivity contribution in [3.63, 3.8) is 0 Å². The molecule has 1 aromatic rings. The minimum Gasteiger partial charge on any atom is -0.468 e. The first-order chi connectivity index (χ1) is 8.61. The third-order valence-corrected chi connectivity index (χ3v) is 2.93. The zero-order valence-electron chi connectivity index (χ0n) is 9.64. The first-order valence-corrected chi connectivity index (χ1v) is 5.70. The molecule has 0 saturated carbocycles. The van der Waals surface area contributed by atoms with Gasteiger partial charge in [-0.05, 0) is 17.7 Å². The Morgan fingerprint density at radius 3 is 2.72 bits per heavy atom. The smallest absolute Gasteiger partial charge is 0.318 e. The number of rotatable bonds is 2. The molecule has 0 bridgehead atoms. The van der Waals surface area contributed by atoms with Gasteiger partial charge in [0, 0.05) is 11.4 Å². The number of ether oxygens (including phenoxy) is 1. The van der Waals surface area contributed by atoms with Gasteiger partial charge in [-0.15, -0.1) is 0 Å². The lowest BCUT2D eigenvalue weighted by molar-refractivity contribution is -0.150. The molecule has 6 heteroatoms. The SMILES string of the molecule is COC(=O)C1CC(c2ccc(Cl)cc2)=NNC1=O. The molecule has 1 aromatic carbocycles. The van der Waals surface area contributed by atoms with Crippen LogP contribution in [0.25, 0.3) is 0 Å². The molecule has 2 rings (SSSR count). The maximum absolute atomic E-state index is 11.5. The van der Waals surface area contributed by atoms with Gasteiger partial charge in [-0.3, -0.25) is 9.59 Å². The van der Waals surface area contributed by atoms with Gasteiger partial charge in [0.1, 0.15) is 5.92 Å². The number of hydrogen-bond donors (Lipinski definition) is 1. The number of benzene rings is 1. The zero-order chi connectivity index (χ0) is 13.1. The van der Waals surface area contributed by atoms with E-state index >= 15 is 0 Å². The summed E-state index contributed by atoms with van der Waals surface area (Å²) in [6, 6.07) is 7.02. The van der Waals surface area contributed by atoms with Gasteiger partial charge >= 0.3 is 5.97 Å². The highest BCUT2D eigenvalue weighted by molar-refractivity contribution is 6.30. The number of nitrogens with one attached hydrogen (secondary N) is 1. The van der Waals surface area contributed by atoms with Crippen LogP contribution in [0.2, 0.25) is 5.02 Å². The van der Waals surface area contributed by atoms with Crippen LogP contribution in [0, 0.1) is 5.92 Å². The fourth-order valence-corrected chi connectivity index (χ4v) is 1.82. The number of carbonyl (C=O) groups excluding carboxylic acids is 2. The summed E-state index contributed by atoms with van der Waals surface area (Å²) in [7, 11) is 1.25. The molecule has 1 aliphatic heterocycles. The zero-order valence-corrected chi connectivity index (χ0v) is 10.4. The number of carbonyl (C=O) groups is 2. The molecule has 18 heavy (non-hydrogen) atoms. The van der Waals surface area contributed by atoms with E-state index in [1.807, 2.05) is 0 Å². The van der Waals surface area contributed by atoms with Crippen molar-refractivity contribution in [3.05, 3.63) is 34.9 Å². The van der Waals surface area contributed by atoms with E-state index in [1.165, 1.54) is 7.11 Å². The summed E-state index contributed by atoms with van der Waals surface area (Å²) in [6.45, 7) is 0. The van der Waals surface area contributed by atoms with E-state index in [1.54, 1.807) is 24.3 Å². The van der Waals surface area contributed by atoms with Gasteiger partial charge in [0.25, 0.3) is 5.91 Å². The minimum atomic E-state index is -0.849. The molecule has 5 nitrogen and oxygen atoms in total. The van der Waals surface area contributed by atoms with Crippen LogP contribution in [-0.2, 0) is 14.3 Å². The second-order valence-corrected chi connectivity index (χ2v) is 4.26. The predicted molar refractivity (Wildman–Crippen MR) is 66.3 cm³/mol. The first kappa shape index (κ1) is 12.6. The molecule has 0 aliphatic carbocycles. The lowest BCUT2D eigenvalue weighted by Gasteiger charge is -2.19. The number of halogens is 1. The van der Waals surface area contributed by atoms with Gasteiger partial charge in [-0.2, -0.15) is 5.10 Å². The van der Waals surface area contributed by atoms with Gasteiger partial charge in [-0.25, -0.2) is 5.43 Å². The Kier molecular flexibility index (Phi) is 3.62. The Morgan fingerprint density at radius 1 is 1.44 bits per heavy atom. The average Bonchev–Trinajstić information content (AvgIpc) is 2.39. The van der Waals surface area contributed by atoms with Crippen LogP contribution in [0.5, 0.6) is 0 Å². The molecule has 1 amide bonds. The predicted octanol–water partition coefficient (Wildman–Crippen LogP) is 1.35. The van der Waals surface area contributed by atoms with Crippen molar-refractivity contribution in [2.75, 3.05) is 7.11 Å². The lowest BCUT2D eigenvalue weighted by Crippen LogP contribution is -2.39. The number of hydrogen-bond acceptors (Lipinski definition) is 4. The van der Waals surface area contributed by atoms with E-state index in [2.05, 4.69) is 15.3 Å². The molecule has 94 valence electrons. The van der Waals surface area contributed by atoms with Crippen molar-refractivity contribution >= 4 is 29.2 Å². The van der Waals surface area contributed by atoms with E-state index < -0.39 is 17.8 Å². The summed E-state index contributed by atoms with van der Waals surface area (Å²) >= 11 is 5.79. The Bertz CT molecular complexity index is 511. The third-order valence-electron chi connectivity index (χ3n) is 2.68. The molecular formula is C12H11ClN2O3. The van der Waals surface area contributed by atoms with Crippen LogP contribution in [-0.4, -0.2) is 24.7 Å². The summed E-state index contributed by atoms with van der Waals surface area (Å²) in [6.07, 6.45) is 0.222. The Labute approximate surface area is 109 Å². The summed E-state index contributed by atoms with van der Waals surface area (Å²) in [5.74, 6) is -1.85. The van der Waals surface area contributed by atoms with Crippen LogP contribution in [0.15, 0.2) is 29.4 Å². The molecule has 1 heterocycles. The van der Waals surface area contributed by atoms with E-state index in [9.17, 15) is 9.59 Å². The van der Waals surface area contributed by atoms with Gasteiger partial charge < -0.3 is 4.74 Å². The molecule has 0 aromatic heterocycles. The second kappa shape index (κ2) is 5.18. The van der Waals surface area contributed by atoms with Crippen LogP contribution in [0.1, 0.15) is 12.0 Å². The average molecular weight is 267 g/mol. The Balaban J connectivity index is 2.23. The van der Waals surface area contributed by atoms with E-state index in [-0.39, 0.29) is 6.42 Å². The molecule has 1 unspecified atom stereocenters. The molecule has 1 aliphatic rings. The summed E-state index contributed by atoms with van der Waals surface area (Å²) in [5.41, 5.74) is 3.77. The number of methoxy groups -OCH3 is 1. The highest BCUT2D eigenvalue weighted by Crippen LogP contribution is 2.18. The summed E-state index contributed by atoms with van der Waals surface area (Å²) < 4.78 is 4.59. The highest BCUT2D eigenvalue weighted by Gasteiger charge is 2.32. The molecule has 0 spiro atoms. The van der Waals surface area contributed by atoms with Gasteiger partial charge in [0.05, 0.1) is 12.8 Å². The number of esters is 1. The van der Waals surface area contributed by atoms with Crippen molar-refractivity contribution in [3.8, 4) is 0 Å². The molecule has 0 saturated heterocycles. The van der Waals surface area contributed by atoms with Crippen molar-refractivity contribution in [2.45, 2.75) is 6.42 Å². The minimum absolute atomic E-state index is 0.222. The number of amides is 1. The fourth-order valence-electron chi connectivity index (χ4n) is 1.69. The third kappa shape index (κ3) is 2.51. The molecule has 1 atom stereocenters. The van der Waals surface area contributed by atoms with Crippen molar-refractivity contribution < 1.29 is 14.3 Å². The van der Waals surface area contributed by atoms with E-state index in [0.29, 0.717) is 10.7 Å². The highest BCUT2D eigenvalue weighted by atomic mass is 35.5. The van der Waals surface area contributed by atoms with E-state index in [0.717, 1.165) is 5.56 Å². The van der Waals surface area contributed by atoms with Gasteiger partial charge in [0.15, 0.2) is 0 Å². The quantitative estimate of drug-likeness (QED) is 0.649. The van der Waals surface area contributed by atoms with Crippen LogP contribution >= 0.6 is 11.6 Å². The summed E-state index contributed by atoms with van der Waals surface area (Å²) in [5, 5.41) is 4.56. The topological polar surface area (TPSA) is 67.8 Å². The molecule has 0 fully saturated rings. The van der Waals surface area contributed by atoms with Crippen molar-refractivity contribution in [2.24, 2.45) is 11.0 Å². The monoisotopic (exact) mass is 266 g/mol. The molecule has 1 N–H and O–H groups in total. The fraction of sp³-hybridized carbons (Fsp3) is 0.250. The number of nitrogens with zero attached hydrogens (tertiary/aromatic N) is 1. The summed E-state index contributed by atoms with van der Waals surface area (Å²) in [4.78, 5) is 22.9. The van der Waals surface area contributed by atoms with Crippen LogP contribution in [0.4, 0.5) is 0 Å². The maximum Gasteiger partial charge on any atom is 0.318 e. The Hall–Kier alpha value is -1.88.